The zero-order valence-electron chi connectivity index (χ0n) is 13.1. The Labute approximate surface area is 129 Å². The molecule has 0 radical (unpaired) electrons. The maximum Gasteiger partial charge on any atom is 0.408 e. The third-order valence-electron chi connectivity index (χ3n) is 4.05. The molecule has 0 saturated carbocycles. The van der Waals surface area contributed by atoms with Crippen LogP contribution in [-0.4, -0.2) is 55.1 Å². The maximum absolute atomic E-state index is 11.6. The monoisotopic (exact) mass is 303 g/mol. The molecule has 1 aliphatic rings. The van der Waals surface area contributed by atoms with E-state index in [9.17, 15) is 9.90 Å². The molecule has 2 aromatic rings. The van der Waals surface area contributed by atoms with Crippen LogP contribution < -0.4 is 4.90 Å². The van der Waals surface area contributed by atoms with Crippen molar-refractivity contribution in [3.05, 3.63) is 24.8 Å². The lowest BCUT2D eigenvalue weighted by Gasteiger charge is -2.37. The molecule has 1 amide bonds. The fourth-order valence-corrected chi connectivity index (χ4v) is 3.20. The summed E-state index contributed by atoms with van der Waals surface area (Å²) < 4.78 is 1.92. The number of anilines is 1. The van der Waals surface area contributed by atoms with Crippen LogP contribution in [-0.2, 0) is 0 Å². The first-order valence-corrected chi connectivity index (χ1v) is 7.43. The molecule has 1 unspecified atom stereocenters. The van der Waals surface area contributed by atoms with Crippen LogP contribution in [0.4, 0.5) is 10.6 Å². The highest BCUT2D eigenvalue weighted by atomic mass is 16.4. The van der Waals surface area contributed by atoms with E-state index >= 15 is 0 Å². The Morgan fingerprint density at radius 3 is 2.64 bits per heavy atom. The minimum Gasteiger partial charge on any atom is -0.465 e. The third-order valence-corrected chi connectivity index (χ3v) is 4.05. The van der Waals surface area contributed by atoms with Crippen molar-refractivity contribution in [3.63, 3.8) is 0 Å². The number of rotatable bonds is 2. The summed E-state index contributed by atoms with van der Waals surface area (Å²) in [6.07, 6.45) is 7.16. The number of carboxylic acid groups (broad SMARTS) is 1. The summed E-state index contributed by atoms with van der Waals surface area (Å²) in [4.78, 5) is 24.1. The Kier molecular flexibility index (Phi) is 3.42. The van der Waals surface area contributed by atoms with Crippen molar-refractivity contribution in [1.29, 1.82) is 0 Å². The first-order chi connectivity index (χ1) is 10.4. The van der Waals surface area contributed by atoms with Gasteiger partial charge in [0.1, 0.15) is 0 Å². The average Bonchev–Trinajstić information content (AvgIpc) is 3.04. The van der Waals surface area contributed by atoms with Crippen molar-refractivity contribution in [3.8, 4) is 0 Å². The topological polar surface area (TPSA) is 74.0 Å². The van der Waals surface area contributed by atoms with E-state index in [4.69, 9.17) is 0 Å². The number of imidazole rings is 1. The maximum atomic E-state index is 11.6. The van der Waals surface area contributed by atoms with Gasteiger partial charge in [-0.25, -0.2) is 14.8 Å². The Bertz CT molecular complexity index is 691. The van der Waals surface area contributed by atoms with Crippen molar-refractivity contribution in [1.82, 2.24) is 19.3 Å². The number of carbonyl (C=O) groups is 1. The Balaban J connectivity index is 1.86. The molecule has 0 aromatic carbocycles. The Morgan fingerprint density at radius 2 is 2.00 bits per heavy atom. The predicted octanol–water partition coefficient (Wildman–Crippen LogP) is 2.09. The van der Waals surface area contributed by atoms with Crippen molar-refractivity contribution < 1.29 is 9.90 Å². The summed E-state index contributed by atoms with van der Waals surface area (Å²) in [6.45, 7) is 7.21. The summed E-state index contributed by atoms with van der Waals surface area (Å²) in [5.74, 6) is 0.814. The number of fused-ring (bicyclic) bond motifs is 1. The van der Waals surface area contributed by atoms with Gasteiger partial charge in [-0.3, -0.25) is 4.90 Å². The fourth-order valence-electron chi connectivity index (χ4n) is 3.20. The largest absolute Gasteiger partial charge is 0.465 e. The quantitative estimate of drug-likeness (QED) is 0.919. The molecule has 1 fully saturated rings. The Morgan fingerprint density at radius 1 is 1.32 bits per heavy atom. The van der Waals surface area contributed by atoms with Gasteiger partial charge in [-0.15, -0.1) is 0 Å². The van der Waals surface area contributed by atoms with Gasteiger partial charge in [0, 0.05) is 43.4 Å². The van der Waals surface area contributed by atoms with E-state index in [0.717, 1.165) is 24.4 Å². The molecule has 2 aromatic heterocycles. The molecule has 1 atom stereocenters. The van der Waals surface area contributed by atoms with Crippen molar-refractivity contribution >= 4 is 17.6 Å². The van der Waals surface area contributed by atoms with Crippen LogP contribution in [0.2, 0.25) is 0 Å². The van der Waals surface area contributed by atoms with E-state index < -0.39 is 11.6 Å². The molecule has 3 heterocycles. The first kappa shape index (κ1) is 14.6. The molecule has 0 bridgehead atoms. The van der Waals surface area contributed by atoms with Crippen LogP contribution in [0, 0.1) is 0 Å². The number of amides is 1. The molecule has 7 heteroatoms. The molecule has 22 heavy (non-hydrogen) atoms. The lowest BCUT2D eigenvalue weighted by Crippen LogP contribution is -2.52. The lowest BCUT2D eigenvalue weighted by atomic mass is 10.0. The standard InChI is InChI=1S/C15H21N5O2/c1-15(2,3)20(14(21)22)11-4-7-19(10-11)13-12-16-5-8-18(12)9-6-17-13/h5-6,8-9,11H,4,7,10H2,1-3H3,(H,21,22). The molecule has 0 aliphatic carbocycles. The van der Waals surface area contributed by atoms with Gasteiger partial charge in [0.15, 0.2) is 11.5 Å². The van der Waals surface area contributed by atoms with Crippen LogP contribution >= 0.6 is 0 Å². The van der Waals surface area contributed by atoms with Crippen LogP contribution in [0.1, 0.15) is 27.2 Å². The number of aromatic nitrogens is 3. The Hall–Kier alpha value is -2.31. The average molecular weight is 303 g/mol. The van der Waals surface area contributed by atoms with Crippen LogP contribution in [0.15, 0.2) is 24.8 Å². The van der Waals surface area contributed by atoms with Crippen LogP contribution in [0.25, 0.3) is 5.65 Å². The van der Waals surface area contributed by atoms with Gasteiger partial charge < -0.3 is 14.4 Å². The van der Waals surface area contributed by atoms with Gasteiger partial charge in [0.2, 0.25) is 0 Å². The fraction of sp³-hybridized carbons (Fsp3) is 0.533. The second-order valence-electron chi connectivity index (χ2n) is 6.62. The molecule has 1 saturated heterocycles. The highest BCUT2D eigenvalue weighted by Crippen LogP contribution is 2.28. The second-order valence-corrected chi connectivity index (χ2v) is 6.62. The van der Waals surface area contributed by atoms with E-state index in [-0.39, 0.29) is 6.04 Å². The minimum absolute atomic E-state index is 0.0329. The van der Waals surface area contributed by atoms with Gasteiger partial charge in [-0.05, 0) is 27.2 Å². The van der Waals surface area contributed by atoms with Gasteiger partial charge in [-0.1, -0.05) is 0 Å². The molecular weight excluding hydrogens is 282 g/mol. The van der Waals surface area contributed by atoms with E-state index in [2.05, 4.69) is 14.9 Å². The van der Waals surface area contributed by atoms with Gasteiger partial charge >= 0.3 is 6.09 Å². The smallest absolute Gasteiger partial charge is 0.408 e. The number of nitrogens with zero attached hydrogens (tertiary/aromatic N) is 5. The van der Waals surface area contributed by atoms with Crippen molar-refractivity contribution in [2.24, 2.45) is 0 Å². The number of hydrogen-bond donors (Lipinski definition) is 1. The molecule has 3 rings (SSSR count). The zero-order valence-corrected chi connectivity index (χ0v) is 13.1. The normalized spacial score (nSPS) is 18.9. The predicted molar refractivity (Wildman–Crippen MR) is 83.2 cm³/mol. The third kappa shape index (κ3) is 2.47. The molecular formula is C15H21N5O2. The molecule has 118 valence electrons. The van der Waals surface area contributed by atoms with E-state index in [1.165, 1.54) is 0 Å². The summed E-state index contributed by atoms with van der Waals surface area (Å²) in [5, 5.41) is 9.54. The van der Waals surface area contributed by atoms with Crippen molar-refractivity contribution in [2.75, 3.05) is 18.0 Å². The SMILES string of the molecule is CC(C)(C)N(C(=O)O)C1CCN(c2nccn3ccnc23)C1. The zero-order chi connectivity index (χ0) is 15.9. The summed E-state index contributed by atoms with van der Waals surface area (Å²) in [6, 6.07) is -0.0329. The molecule has 7 nitrogen and oxygen atoms in total. The molecule has 0 spiro atoms. The van der Waals surface area contributed by atoms with Gasteiger partial charge in [0.05, 0.1) is 6.04 Å². The van der Waals surface area contributed by atoms with E-state index in [1.807, 2.05) is 37.6 Å². The van der Waals surface area contributed by atoms with Gasteiger partial charge in [-0.2, -0.15) is 0 Å². The van der Waals surface area contributed by atoms with Crippen molar-refractivity contribution in [2.45, 2.75) is 38.8 Å². The molecule has 1 N–H and O–H groups in total. The summed E-state index contributed by atoms with van der Waals surface area (Å²) >= 11 is 0. The highest BCUT2D eigenvalue weighted by molar-refractivity contribution is 5.68. The minimum atomic E-state index is -0.869. The van der Waals surface area contributed by atoms with Crippen LogP contribution in [0.5, 0.6) is 0 Å². The lowest BCUT2D eigenvalue weighted by molar-refractivity contribution is 0.0763. The van der Waals surface area contributed by atoms with Gasteiger partial charge in [0.25, 0.3) is 0 Å². The first-order valence-electron chi connectivity index (χ1n) is 7.43. The highest BCUT2D eigenvalue weighted by Gasteiger charge is 2.38. The number of hydrogen-bond acceptors (Lipinski definition) is 4. The second kappa shape index (κ2) is 5.15. The van der Waals surface area contributed by atoms with E-state index in [1.54, 1.807) is 17.3 Å². The summed E-state index contributed by atoms with van der Waals surface area (Å²) in [5.41, 5.74) is 0.389. The van der Waals surface area contributed by atoms with E-state index in [0.29, 0.717) is 6.54 Å². The van der Waals surface area contributed by atoms with Crippen LogP contribution in [0.3, 0.4) is 0 Å². The molecule has 1 aliphatic heterocycles. The summed E-state index contributed by atoms with van der Waals surface area (Å²) in [7, 11) is 0.